The normalized spacial score (nSPS) is 10.2. The van der Waals surface area contributed by atoms with Crippen LogP contribution < -0.4 is 5.32 Å². The lowest BCUT2D eigenvalue weighted by molar-refractivity contribution is -0.136. The minimum Gasteiger partial charge on any atom is -0.507 e. The van der Waals surface area contributed by atoms with Crippen LogP contribution in [0.15, 0.2) is 42.5 Å². The SMILES string of the molecule is Cc1ccc(NC(=O)CN(C)C(=O)COC(=O)c2ccc(Cl)cc2O)cc1. The number of halogens is 1. The first-order valence-electron chi connectivity index (χ1n) is 8.02. The number of aromatic hydroxyl groups is 1. The third-order valence-corrected chi connectivity index (χ3v) is 3.88. The van der Waals surface area contributed by atoms with Gasteiger partial charge in [0.15, 0.2) is 6.61 Å². The molecule has 2 aromatic rings. The zero-order chi connectivity index (χ0) is 20.0. The first-order valence-corrected chi connectivity index (χ1v) is 8.40. The van der Waals surface area contributed by atoms with Gasteiger partial charge in [0.25, 0.3) is 5.91 Å². The molecule has 2 amide bonds. The summed E-state index contributed by atoms with van der Waals surface area (Å²) < 4.78 is 4.88. The largest absolute Gasteiger partial charge is 0.507 e. The van der Waals surface area contributed by atoms with Gasteiger partial charge in [-0.3, -0.25) is 9.59 Å². The van der Waals surface area contributed by atoms with E-state index in [4.69, 9.17) is 16.3 Å². The van der Waals surface area contributed by atoms with Crippen molar-refractivity contribution in [1.29, 1.82) is 0 Å². The number of carbonyl (C=O) groups is 3. The van der Waals surface area contributed by atoms with Gasteiger partial charge in [0.2, 0.25) is 5.91 Å². The number of amides is 2. The molecule has 2 N–H and O–H groups in total. The van der Waals surface area contributed by atoms with E-state index in [-0.39, 0.29) is 28.8 Å². The molecule has 0 spiro atoms. The summed E-state index contributed by atoms with van der Waals surface area (Å²) in [6, 6.07) is 11.1. The molecule has 0 radical (unpaired) electrons. The number of ether oxygens (including phenoxy) is 1. The highest BCUT2D eigenvalue weighted by Crippen LogP contribution is 2.22. The number of phenols is 1. The summed E-state index contributed by atoms with van der Waals surface area (Å²) in [5.41, 5.74) is 1.58. The highest BCUT2D eigenvalue weighted by molar-refractivity contribution is 6.30. The summed E-state index contributed by atoms with van der Waals surface area (Å²) in [5, 5.41) is 12.6. The van der Waals surface area contributed by atoms with Crippen LogP contribution in [0.2, 0.25) is 5.02 Å². The Morgan fingerprint density at radius 3 is 2.44 bits per heavy atom. The number of likely N-dealkylation sites (N-methyl/N-ethyl adjacent to an activating group) is 1. The molecule has 0 bridgehead atoms. The number of rotatable bonds is 6. The lowest BCUT2D eigenvalue weighted by Crippen LogP contribution is -2.37. The fourth-order valence-electron chi connectivity index (χ4n) is 2.13. The molecule has 27 heavy (non-hydrogen) atoms. The molecule has 0 saturated carbocycles. The second kappa shape index (κ2) is 9.05. The lowest BCUT2D eigenvalue weighted by Gasteiger charge is -2.17. The van der Waals surface area contributed by atoms with E-state index in [9.17, 15) is 19.5 Å². The molecule has 2 aromatic carbocycles. The molecule has 0 aliphatic rings. The quantitative estimate of drug-likeness (QED) is 0.739. The van der Waals surface area contributed by atoms with E-state index in [0.717, 1.165) is 10.5 Å². The Hall–Kier alpha value is -3.06. The smallest absolute Gasteiger partial charge is 0.342 e. The fraction of sp³-hybridized carbons (Fsp3) is 0.211. The van der Waals surface area contributed by atoms with Crippen LogP contribution in [0.4, 0.5) is 5.69 Å². The van der Waals surface area contributed by atoms with Crippen molar-refractivity contribution in [2.24, 2.45) is 0 Å². The number of nitrogens with one attached hydrogen (secondary N) is 1. The maximum atomic E-state index is 12.0. The molecule has 8 heteroatoms. The van der Waals surface area contributed by atoms with Crippen molar-refractivity contribution < 1.29 is 24.2 Å². The Balaban J connectivity index is 1.83. The van der Waals surface area contributed by atoms with Crippen molar-refractivity contribution in [2.45, 2.75) is 6.92 Å². The van der Waals surface area contributed by atoms with Crippen molar-refractivity contribution in [3.05, 3.63) is 58.6 Å². The zero-order valence-electron chi connectivity index (χ0n) is 14.9. The van der Waals surface area contributed by atoms with Gasteiger partial charge in [-0.2, -0.15) is 0 Å². The monoisotopic (exact) mass is 390 g/mol. The molecule has 0 fully saturated rings. The topological polar surface area (TPSA) is 95.9 Å². The number of benzene rings is 2. The molecule has 0 heterocycles. The van der Waals surface area contributed by atoms with Crippen LogP contribution in [0.3, 0.4) is 0 Å². The van der Waals surface area contributed by atoms with Gasteiger partial charge in [-0.05, 0) is 37.3 Å². The first kappa shape index (κ1) is 20.3. The van der Waals surface area contributed by atoms with Crippen LogP contribution in [0, 0.1) is 6.92 Å². The van der Waals surface area contributed by atoms with Crippen LogP contribution in [0.5, 0.6) is 5.75 Å². The molecule has 0 saturated heterocycles. The molecule has 7 nitrogen and oxygen atoms in total. The third-order valence-electron chi connectivity index (χ3n) is 3.65. The molecular weight excluding hydrogens is 372 g/mol. The van der Waals surface area contributed by atoms with E-state index in [0.29, 0.717) is 5.69 Å². The standard InChI is InChI=1S/C19H19ClN2O5/c1-12-3-6-14(7-4-12)21-17(24)10-22(2)18(25)11-27-19(26)15-8-5-13(20)9-16(15)23/h3-9,23H,10-11H2,1-2H3,(H,21,24). The Bertz CT molecular complexity index is 852. The summed E-state index contributed by atoms with van der Waals surface area (Å²) >= 11 is 5.69. The van der Waals surface area contributed by atoms with E-state index in [1.165, 1.54) is 25.2 Å². The molecule has 0 atom stereocenters. The van der Waals surface area contributed by atoms with Crippen LogP contribution in [0.25, 0.3) is 0 Å². The van der Waals surface area contributed by atoms with Gasteiger partial charge in [0.1, 0.15) is 11.3 Å². The molecule has 0 aromatic heterocycles. The number of aryl methyl sites for hydroxylation is 1. The van der Waals surface area contributed by atoms with Gasteiger partial charge in [-0.1, -0.05) is 29.3 Å². The van der Waals surface area contributed by atoms with Crippen molar-refractivity contribution in [1.82, 2.24) is 4.90 Å². The third kappa shape index (κ3) is 6.00. The summed E-state index contributed by atoms with van der Waals surface area (Å²) in [7, 11) is 1.42. The van der Waals surface area contributed by atoms with Crippen LogP contribution in [-0.4, -0.2) is 48.0 Å². The first-order chi connectivity index (χ1) is 12.8. The predicted octanol–water partition coefficient (Wildman–Crippen LogP) is 2.61. The zero-order valence-corrected chi connectivity index (χ0v) is 15.6. The maximum absolute atomic E-state index is 12.0. The fourth-order valence-corrected chi connectivity index (χ4v) is 2.30. The van der Waals surface area contributed by atoms with Gasteiger partial charge >= 0.3 is 5.97 Å². The Kier molecular flexibility index (Phi) is 6.79. The van der Waals surface area contributed by atoms with Gasteiger partial charge in [-0.15, -0.1) is 0 Å². The van der Waals surface area contributed by atoms with E-state index in [1.54, 1.807) is 12.1 Å². The molecule has 0 aliphatic heterocycles. The second-order valence-corrected chi connectivity index (χ2v) is 6.34. The van der Waals surface area contributed by atoms with Crippen LogP contribution >= 0.6 is 11.6 Å². The molecule has 0 aliphatic carbocycles. The molecule has 2 rings (SSSR count). The van der Waals surface area contributed by atoms with Crippen LogP contribution in [0.1, 0.15) is 15.9 Å². The maximum Gasteiger partial charge on any atom is 0.342 e. The van der Waals surface area contributed by atoms with Crippen molar-refractivity contribution >= 4 is 35.1 Å². The van der Waals surface area contributed by atoms with Crippen LogP contribution in [-0.2, 0) is 14.3 Å². The lowest BCUT2D eigenvalue weighted by atomic mass is 10.2. The summed E-state index contributed by atoms with van der Waals surface area (Å²) in [6.45, 7) is 1.18. The Morgan fingerprint density at radius 2 is 1.81 bits per heavy atom. The number of carbonyl (C=O) groups excluding carboxylic acids is 3. The number of hydrogen-bond donors (Lipinski definition) is 2. The van der Waals surface area contributed by atoms with Gasteiger partial charge in [0, 0.05) is 17.8 Å². The highest BCUT2D eigenvalue weighted by Gasteiger charge is 2.18. The number of nitrogens with zero attached hydrogens (tertiary/aromatic N) is 1. The average Bonchev–Trinajstić information content (AvgIpc) is 2.61. The second-order valence-electron chi connectivity index (χ2n) is 5.90. The summed E-state index contributed by atoms with van der Waals surface area (Å²) in [4.78, 5) is 37.1. The minimum absolute atomic E-state index is 0.105. The number of anilines is 1. The summed E-state index contributed by atoms with van der Waals surface area (Å²) in [5.74, 6) is -2.15. The predicted molar refractivity (Wildman–Crippen MR) is 101 cm³/mol. The van der Waals surface area contributed by atoms with Crippen molar-refractivity contribution in [2.75, 3.05) is 25.5 Å². The molecule has 0 unspecified atom stereocenters. The number of phenolic OH excluding ortho intramolecular Hbond substituents is 1. The van der Waals surface area contributed by atoms with E-state index in [2.05, 4.69) is 5.32 Å². The van der Waals surface area contributed by atoms with Crippen molar-refractivity contribution in [3.63, 3.8) is 0 Å². The molecule has 142 valence electrons. The van der Waals surface area contributed by atoms with Gasteiger partial charge < -0.3 is 20.1 Å². The van der Waals surface area contributed by atoms with Gasteiger partial charge in [0.05, 0.1) is 6.54 Å². The minimum atomic E-state index is -0.866. The van der Waals surface area contributed by atoms with E-state index >= 15 is 0 Å². The van der Waals surface area contributed by atoms with Crippen molar-refractivity contribution in [3.8, 4) is 5.75 Å². The van der Waals surface area contributed by atoms with E-state index < -0.39 is 18.5 Å². The Morgan fingerprint density at radius 1 is 1.15 bits per heavy atom. The van der Waals surface area contributed by atoms with Gasteiger partial charge in [-0.25, -0.2) is 4.79 Å². The summed E-state index contributed by atoms with van der Waals surface area (Å²) in [6.07, 6.45) is 0. The average molecular weight is 391 g/mol. The molecular formula is C19H19ClN2O5. The number of hydrogen-bond acceptors (Lipinski definition) is 5. The Labute approximate surface area is 161 Å². The number of esters is 1. The van der Waals surface area contributed by atoms with E-state index in [1.807, 2.05) is 19.1 Å². The highest BCUT2D eigenvalue weighted by atomic mass is 35.5.